The van der Waals surface area contributed by atoms with Gasteiger partial charge < -0.3 is 10.6 Å². The molecule has 2 amide bonds. The summed E-state index contributed by atoms with van der Waals surface area (Å²) in [4.78, 5) is 36.4. The van der Waals surface area contributed by atoms with Crippen LogP contribution in [0.25, 0.3) is 17.2 Å². The smallest absolute Gasteiger partial charge is 0.290 e. The highest BCUT2D eigenvalue weighted by Gasteiger charge is 2.25. The number of hydrogen-bond donors (Lipinski definition) is 3. The van der Waals surface area contributed by atoms with Crippen LogP contribution in [0.1, 0.15) is 36.9 Å². The van der Waals surface area contributed by atoms with E-state index < -0.39 is 5.91 Å². The van der Waals surface area contributed by atoms with E-state index in [1.54, 1.807) is 36.8 Å². The summed E-state index contributed by atoms with van der Waals surface area (Å²) in [7, 11) is 0. The molecule has 1 aromatic carbocycles. The molecule has 1 aliphatic carbocycles. The molecule has 8 nitrogen and oxygen atoms in total. The third-order valence-electron chi connectivity index (χ3n) is 6.28. The maximum absolute atomic E-state index is 13.9. The number of aromatic nitrogens is 3. The normalized spacial score (nSPS) is 21.0. The summed E-state index contributed by atoms with van der Waals surface area (Å²) in [5.74, 6) is -0.162. The Morgan fingerprint density at radius 3 is 2.67 bits per heavy atom. The van der Waals surface area contributed by atoms with Gasteiger partial charge in [-0.15, -0.1) is 0 Å². The van der Waals surface area contributed by atoms with Gasteiger partial charge in [0.15, 0.2) is 0 Å². The third-order valence-corrected chi connectivity index (χ3v) is 7.09. The van der Waals surface area contributed by atoms with Gasteiger partial charge in [-0.25, -0.2) is 14.4 Å². The standard InChI is InChI=1S/C26H25FN6O2S/c27-18-4-3-17(22(12-18)16-2-1-10-28-14-16)15-30-19-5-7-20(8-6-19)31-25-29-11-9-21(32-25)13-23-24(34)33-26(35)36-23/h1-4,9-14,19-20,30H,5-8,15H2,(H,29,31,32)(H,33,34,35)/t19-,20-. The van der Waals surface area contributed by atoms with E-state index in [-0.39, 0.29) is 17.1 Å². The highest BCUT2D eigenvalue weighted by Crippen LogP contribution is 2.27. The Bertz CT molecular complexity index is 1290. The van der Waals surface area contributed by atoms with E-state index in [9.17, 15) is 14.0 Å². The van der Waals surface area contributed by atoms with Crippen LogP contribution in [0.4, 0.5) is 15.1 Å². The molecule has 3 heterocycles. The molecule has 0 unspecified atom stereocenters. The fourth-order valence-electron chi connectivity index (χ4n) is 4.45. The maximum atomic E-state index is 13.9. The second kappa shape index (κ2) is 11.0. The number of thioether (sulfide) groups is 1. The lowest BCUT2D eigenvalue weighted by atomic mass is 9.91. The van der Waals surface area contributed by atoms with Crippen molar-refractivity contribution < 1.29 is 14.0 Å². The SMILES string of the molecule is O=C1NC(=O)C(=Cc2ccnc(N[C@H]3CC[C@H](NCc4ccc(F)cc4-c4cccnc4)CC3)n2)S1. The molecule has 2 aromatic heterocycles. The first-order chi connectivity index (χ1) is 17.5. The van der Waals surface area contributed by atoms with Crippen LogP contribution in [0.3, 0.4) is 0 Å². The lowest BCUT2D eigenvalue weighted by Gasteiger charge is -2.30. The lowest BCUT2D eigenvalue weighted by Crippen LogP contribution is -2.37. The molecule has 1 saturated carbocycles. The molecule has 2 aliphatic rings. The van der Waals surface area contributed by atoms with Crippen molar-refractivity contribution in [1.82, 2.24) is 25.6 Å². The van der Waals surface area contributed by atoms with Gasteiger partial charge in [0.1, 0.15) is 5.82 Å². The van der Waals surface area contributed by atoms with Gasteiger partial charge in [0.2, 0.25) is 5.95 Å². The summed E-state index contributed by atoms with van der Waals surface area (Å²) in [5, 5.41) is 8.89. The van der Waals surface area contributed by atoms with Crippen LogP contribution in [0.5, 0.6) is 0 Å². The first kappa shape index (κ1) is 24.1. The van der Waals surface area contributed by atoms with Crippen LogP contribution in [0.15, 0.2) is 59.9 Å². The van der Waals surface area contributed by atoms with Gasteiger partial charge in [-0.2, -0.15) is 0 Å². The molecular formula is C26H25FN6O2S. The van der Waals surface area contributed by atoms with Crippen LogP contribution in [0.2, 0.25) is 0 Å². The first-order valence-corrected chi connectivity index (χ1v) is 12.6. The Hall–Kier alpha value is -3.63. The fourth-order valence-corrected chi connectivity index (χ4v) is 5.12. The van der Waals surface area contributed by atoms with E-state index in [1.165, 1.54) is 6.07 Å². The summed E-state index contributed by atoms with van der Waals surface area (Å²) in [6, 6.07) is 11.0. The average Bonchev–Trinajstić information content (AvgIpc) is 3.21. The van der Waals surface area contributed by atoms with Crippen molar-refractivity contribution in [3.63, 3.8) is 0 Å². The van der Waals surface area contributed by atoms with Crippen molar-refractivity contribution in [2.45, 2.75) is 44.3 Å². The van der Waals surface area contributed by atoms with E-state index in [0.717, 1.165) is 54.1 Å². The molecule has 184 valence electrons. The van der Waals surface area contributed by atoms with Gasteiger partial charge in [-0.1, -0.05) is 12.1 Å². The van der Waals surface area contributed by atoms with E-state index in [4.69, 9.17) is 0 Å². The van der Waals surface area contributed by atoms with Gasteiger partial charge in [0.25, 0.3) is 11.1 Å². The molecular weight excluding hydrogens is 479 g/mol. The molecule has 5 rings (SSSR count). The number of amides is 2. The molecule has 36 heavy (non-hydrogen) atoms. The largest absolute Gasteiger partial charge is 0.351 e. The Morgan fingerprint density at radius 1 is 1.08 bits per heavy atom. The van der Waals surface area contributed by atoms with Crippen molar-refractivity contribution in [2.24, 2.45) is 0 Å². The Labute approximate surface area is 212 Å². The molecule has 0 atom stereocenters. The second-order valence-corrected chi connectivity index (χ2v) is 9.79. The van der Waals surface area contributed by atoms with Gasteiger partial charge in [0.05, 0.1) is 10.6 Å². The Kier molecular flexibility index (Phi) is 7.33. The number of nitrogens with zero attached hydrogens (tertiary/aromatic N) is 3. The molecule has 1 aliphatic heterocycles. The number of hydrogen-bond acceptors (Lipinski definition) is 8. The number of anilines is 1. The van der Waals surface area contributed by atoms with Crippen molar-refractivity contribution in [2.75, 3.05) is 5.32 Å². The van der Waals surface area contributed by atoms with Crippen LogP contribution >= 0.6 is 11.8 Å². The van der Waals surface area contributed by atoms with Crippen molar-refractivity contribution in [1.29, 1.82) is 0 Å². The minimum Gasteiger partial charge on any atom is -0.351 e. The minimum atomic E-state index is -0.405. The summed E-state index contributed by atoms with van der Waals surface area (Å²) in [6.45, 7) is 0.654. The van der Waals surface area contributed by atoms with Gasteiger partial charge >= 0.3 is 0 Å². The molecule has 1 saturated heterocycles. The Morgan fingerprint density at radius 2 is 1.92 bits per heavy atom. The minimum absolute atomic E-state index is 0.244. The number of imide groups is 1. The third kappa shape index (κ3) is 5.95. The van der Waals surface area contributed by atoms with Crippen LogP contribution in [0, 0.1) is 5.82 Å². The lowest BCUT2D eigenvalue weighted by molar-refractivity contribution is -0.115. The summed E-state index contributed by atoms with van der Waals surface area (Å²) >= 11 is 0.865. The number of carbonyl (C=O) groups is 2. The zero-order chi connectivity index (χ0) is 24.9. The number of carbonyl (C=O) groups excluding carboxylic acids is 2. The summed E-state index contributed by atoms with van der Waals surface area (Å²) < 4.78 is 13.9. The van der Waals surface area contributed by atoms with E-state index in [2.05, 4.69) is 30.9 Å². The van der Waals surface area contributed by atoms with Crippen LogP contribution < -0.4 is 16.0 Å². The summed E-state index contributed by atoms with van der Waals surface area (Å²) in [5.41, 5.74) is 3.37. The number of benzene rings is 1. The molecule has 3 N–H and O–H groups in total. The van der Waals surface area contributed by atoms with Crippen LogP contribution in [-0.2, 0) is 11.3 Å². The van der Waals surface area contributed by atoms with Gasteiger partial charge in [0, 0.05) is 42.8 Å². The zero-order valence-electron chi connectivity index (χ0n) is 19.4. The maximum Gasteiger partial charge on any atom is 0.290 e. The van der Waals surface area contributed by atoms with Crippen molar-refractivity contribution in [3.05, 3.63) is 77.0 Å². The highest BCUT2D eigenvalue weighted by molar-refractivity contribution is 8.18. The van der Waals surface area contributed by atoms with E-state index in [0.29, 0.717) is 29.1 Å². The first-order valence-electron chi connectivity index (χ1n) is 11.8. The van der Waals surface area contributed by atoms with E-state index >= 15 is 0 Å². The predicted molar refractivity (Wildman–Crippen MR) is 137 cm³/mol. The fraction of sp³-hybridized carbons (Fsp3) is 0.269. The molecule has 2 fully saturated rings. The topological polar surface area (TPSA) is 109 Å². The Balaban J connectivity index is 1.15. The van der Waals surface area contributed by atoms with Gasteiger partial charge in [-0.05, 0) is 78.9 Å². The number of rotatable bonds is 7. The summed E-state index contributed by atoms with van der Waals surface area (Å²) in [6.07, 6.45) is 10.6. The molecule has 3 aromatic rings. The molecule has 0 spiro atoms. The average molecular weight is 505 g/mol. The molecule has 0 radical (unpaired) electrons. The number of nitrogens with one attached hydrogen (secondary N) is 3. The number of halogens is 1. The predicted octanol–water partition coefficient (Wildman–Crippen LogP) is 4.51. The molecule has 10 heteroatoms. The van der Waals surface area contributed by atoms with Crippen LogP contribution in [-0.4, -0.2) is 38.2 Å². The van der Waals surface area contributed by atoms with Gasteiger partial charge in [-0.3, -0.25) is 19.9 Å². The highest BCUT2D eigenvalue weighted by atomic mass is 32.2. The number of pyridine rings is 1. The van der Waals surface area contributed by atoms with E-state index in [1.807, 2.05) is 18.2 Å². The monoisotopic (exact) mass is 504 g/mol. The van der Waals surface area contributed by atoms with Crippen molar-refractivity contribution >= 4 is 34.9 Å². The van der Waals surface area contributed by atoms with Crippen molar-refractivity contribution in [3.8, 4) is 11.1 Å². The second-order valence-electron chi connectivity index (χ2n) is 8.77. The molecule has 0 bridgehead atoms. The zero-order valence-corrected chi connectivity index (χ0v) is 20.2. The quantitative estimate of drug-likeness (QED) is 0.403.